The summed E-state index contributed by atoms with van der Waals surface area (Å²) in [5.74, 6) is 0.706. The van der Waals surface area contributed by atoms with Gasteiger partial charge in [-0.25, -0.2) is 9.97 Å². The first kappa shape index (κ1) is 15.4. The molecule has 0 saturated carbocycles. The van der Waals surface area contributed by atoms with Crippen LogP contribution in [0.25, 0.3) is 17.2 Å². The number of aromatic nitrogens is 2. The molecular weight excluding hydrogens is 320 g/mol. The Balaban J connectivity index is 1.39. The summed E-state index contributed by atoms with van der Waals surface area (Å²) in [5, 5.41) is 0.701. The summed E-state index contributed by atoms with van der Waals surface area (Å²) in [6.07, 6.45) is 6.40. The standard InChI is InChI=1S/C18H20N4OS/c1-12-20-15-11-13(4-5-16(15)23-12)3-2-8-22-9-6-14-17(7-10-22)24-18(19)21-14/h2-5,11H,6-10H2,1H3,(H2,19,21). The third-order valence-corrected chi connectivity index (χ3v) is 5.29. The van der Waals surface area contributed by atoms with E-state index in [9.17, 15) is 0 Å². The fraction of sp³-hybridized carbons (Fsp3) is 0.333. The number of aryl methyl sites for hydroxylation is 1. The Morgan fingerprint density at radius 2 is 2.17 bits per heavy atom. The lowest BCUT2D eigenvalue weighted by atomic mass is 10.2. The van der Waals surface area contributed by atoms with Crippen molar-refractivity contribution in [1.29, 1.82) is 0 Å². The SMILES string of the molecule is Cc1nc2cc(C=CCN3CCc4nc(N)sc4CC3)ccc2o1. The molecular formula is C18H20N4OS. The van der Waals surface area contributed by atoms with Crippen molar-refractivity contribution in [3.05, 3.63) is 46.3 Å². The molecule has 5 nitrogen and oxygen atoms in total. The average molecular weight is 340 g/mol. The van der Waals surface area contributed by atoms with Gasteiger partial charge in [-0.05, 0) is 24.1 Å². The van der Waals surface area contributed by atoms with Crippen molar-refractivity contribution >= 4 is 33.6 Å². The maximum Gasteiger partial charge on any atom is 0.192 e. The van der Waals surface area contributed by atoms with E-state index in [1.54, 1.807) is 11.3 Å². The van der Waals surface area contributed by atoms with Gasteiger partial charge in [0.2, 0.25) is 0 Å². The number of hydrogen-bond acceptors (Lipinski definition) is 6. The minimum atomic E-state index is 0.701. The Bertz CT molecular complexity index is 870. The molecule has 1 aliphatic heterocycles. The van der Waals surface area contributed by atoms with Gasteiger partial charge in [-0.2, -0.15) is 0 Å². The van der Waals surface area contributed by atoms with Crippen molar-refractivity contribution in [3.8, 4) is 0 Å². The van der Waals surface area contributed by atoms with Crippen LogP contribution in [0.5, 0.6) is 0 Å². The summed E-state index contributed by atoms with van der Waals surface area (Å²) in [4.78, 5) is 12.6. The third kappa shape index (κ3) is 3.20. The van der Waals surface area contributed by atoms with Crippen molar-refractivity contribution < 1.29 is 4.42 Å². The first-order valence-corrected chi connectivity index (χ1v) is 8.99. The number of hydrogen-bond donors (Lipinski definition) is 1. The van der Waals surface area contributed by atoms with Gasteiger partial charge in [-0.1, -0.05) is 18.2 Å². The normalized spacial score (nSPS) is 15.9. The number of oxazole rings is 1. The highest BCUT2D eigenvalue weighted by molar-refractivity contribution is 7.15. The van der Waals surface area contributed by atoms with E-state index in [4.69, 9.17) is 10.2 Å². The minimum absolute atomic E-state index is 0.701. The fourth-order valence-corrected chi connectivity index (χ4v) is 3.98. The summed E-state index contributed by atoms with van der Waals surface area (Å²) in [5.41, 5.74) is 9.90. The molecule has 0 radical (unpaired) electrons. The fourth-order valence-electron chi connectivity index (χ4n) is 3.11. The molecule has 0 spiro atoms. The van der Waals surface area contributed by atoms with Gasteiger partial charge in [0.25, 0.3) is 0 Å². The zero-order chi connectivity index (χ0) is 16.5. The summed E-state index contributed by atoms with van der Waals surface area (Å²) >= 11 is 1.64. The summed E-state index contributed by atoms with van der Waals surface area (Å²) in [7, 11) is 0. The first-order chi connectivity index (χ1) is 11.7. The van der Waals surface area contributed by atoms with Crippen molar-refractivity contribution in [2.75, 3.05) is 25.4 Å². The second-order valence-corrected chi connectivity index (χ2v) is 7.20. The van der Waals surface area contributed by atoms with E-state index in [1.165, 1.54) is 10.6 Å². The van der Waals surface area contributed by atoms with E-state index in [1.807, 2.05) is 13.0 Å². The Morgan fingerprint density at radius 1 is 1.29 bits per heavy atom. The van der Waals surface area contributed by atoms with Crippen LogP contribution in [-0.4, -0.2) is 34.5 Å². The van der Waals surface area contributed by atoms with Crippen LogP contribution in [0.4, 0.5) is 5.13 Å². The lowest BCUT2D eigenvalue weighted by Gasteiger charge is -2.17. The van der Waals surface area contributed by atoms with E-state index >= 15 is 0 Å². The van der Waals surface area contributed by atoms with Crippen LogP contribution in [0.2, 0.25) is 0 Å². The van der Waals surface area contributed by atoms with E-state index in [2.05, 4.69) is 39.2 Å². The van der Waals surface area contributed by atoms with Gasteiger partial charge in [0.1, 0.15) is 5.52 Å². The van der Waals surface area contributed by atoms with Gasteiger partial charge in [-0.3, -0.25) is 4.90 Å². The van der Waals surface area contributed by atoms with E-state index in [0.29, 0.717) is 11.0 Å². The van der Waals surface area contributed by atoms with Crippen LogP contribution in [-0.2, 0) is 12.8 Å². The molecule has 4 rings (SSSR count). The predicted molar refractivity (Wildman–Crippen MR) is 98.2 cm³/mol. The number of thiazole rings is 1. The van der Waals surface area contributed by atoms with E-state index in [0.717, 1.165) is 49.1 Å². The van der Waals surface area contributed by atoms with Gasteiger partial charge in [-0.15, -0.1) is 11.3 Å². The largest absolute Gasteiger partial charge is 0.441 e. The predicted octanol–water partition coefficient (Wildman–Crippen LogP) is 3.29. The molecule has 2 N–H and O–H groups in total. The van der Waals surface area contributed by atoms with Gasteiger partial charge in [0.15, 0.2) is 16.6 Å². The van der Waals surface area contributed by atoms with E-state index in [-0.39, 0.29) is 0 Å². The van der Waals surface area contributed by atoms with Crippen LogP contribution in [0.1, 0.15) is 22.0 Å². The smallest absolute Gasteiger partial charge is 0.192 e. The second kappa shape index (κ2) is 6.37. The van der Waals surface area contributed by atoms with Crippen LogP contribution in [0.3, 0.4) is 0 Å². The van der Waals surface area contributed by atoms with Crippen LogP contribution in [0, 0.1) is 6.92 Å². The lowest BCUT2D eigenvalue weighted by molar-refractivity contribution is 0.318. The van der Waals surface area contributed by atoms with Crippen LogP contribution in [0.15, 0.2) is 28.7 Å². The number of nitrogen functional groups attached to an aromatic ring is 1. The molecule has 0 atom stereocenters. The van der Waals surface area contributed by atoms with Crippen molar-refractivity contribution in [2.24, 2.45) is 0 Å². The highest BCUT2D eigenvalue weighted by Crippen LogP contribution is 2.24. The monoisotopic (exact) mass is 340 g/mol. The molecule has 3 heterocycles. The Kier molecular flexibility index (Phi) is 4.08. The topological polar surface area (TPSA) is 68.2 Å². The van der Waals surface area contributed by atoms with Gasteiger partial charge < -0.3 is 10.2 Å². The van der Waals surface area contributed by atoms with Crippen LogP contribution >= 0.6 is 11.3 Å². The number of rotatable bonds is 3. The number of anilines is 1. The quantitative estimate of drug-likeness (QED) is 0.792. The van der Waals surface area contributed by atoms with Crippen molar-refractivity contribution in [3.63, 3.8) is 0 Å². The molecule has 1 aliphatic rings. The molecule has 0 bridgehead atoms. The molecule has 0 aliphatic carbocycles. The molecule has 3 aromatic rings. The minimum Gasteiger partial charge on any atom is -0.441 e. The highest BCUT2D eigenvalue weighted by Gasteiger charge is 2.16. The molecule has 0 amide bonds. The molecule has 6 heteroatoms. The molecule has 0 fully saturated rings. The van der Waals surface area contributed by atoms with Gasteiger partial charge in [0, 0.05) is 37.9 Å². The third-order valence-electron chi connectivity index (χ3n) is 4.31. The Hall–Kier alpha value is -2.18. The summed E-state index contributed by atoms with van der Waals surface area (Å²) < 4.78 is 5.51. The van der Waals surface area contributed by atoms with Gasteiger partial charge >= 0.3 is 0 Å². The number of fused-ring (bicyclic) bond motifs is 2. The number of nitrogens with two attached hydrogens (primary N) is 1. The van der Waals surface area contributed by atoms with E-state index < -0.39 is 0 Å². The Labute approximate surface area is 144 Å². The zero-order valence-corrected chi connectivity index (χ0v) is 14.5. The maximum atomic E-state index is 5.80. The molecule has 2 aromatic heterocycles. The number of benzene rings is 1. The van der Waals surface area contributed by atoms with Crippen molar-refractivity contribution in [2.45, 2.75) is 19.8 Å². The number of nitrogens with zero attached hydrogens (tertiary/aromatic N) is 3. The molecule has 24 heavy (non-hydrogen) atoms. The highest BCUT2D eigenvalue weighted by atomic mass is 32.1. The lowest BCUT2D eigenvalue weighted by Crippen LogP contribution is -2.26. The van der Waals surface area contributed by atoms with Crippen LogP contribution < -0.4 is 5.73 Å². The van der Waals surface area contributed by atoms with Crippen molar-refractivity contribution in [1.82, 2.24) is 14.9 Å². The first-order valence-electron chi connectivity index (χ1n) is 8.17. The molecule has 1 aromatic carbocycles. The van der Waals surface area contributed by atoms with Gasteiger partial charge in [0.05, 0.1) is 5.69 Å². The zero-order valence-electron chi connectivity index (χ0n) is 13.7. The Morgan fingerprint density at radius 3 is 3.08 bits per heavy atom. The average Bonchev–Trinajstić information content (AvgIpc) is 3.04. The second-order valence-electron chi connectivity index (χ2n) is 6.08. The molecule has 0 saturated heterocycles. The summed E-state index contributed by atoms with van der Waals surface area (Å²) in [6, 6.07) is 6.11. The molecule has 124 valence electrons. The maximum absolute atomic E-state index is 5.80. The summed E-state index contributed by atoms with van der Waals surface area (Å²) in [6.45, 7) is 4.90. The molecule has 0 unspecified atom stereocenters.